The molecule has 514 valence electrons. The Bertz CT molecular complexity index is 2870. The average Bonchev–Trinajstić information content (AvgIpc) is 1.02. The van der Waals surface area contributed by atoms with Crippen LogP contribution in [0.5, 0.6) is 103 Å². The number of benzene rings is 6. The van der Waals surface area contributed by atoms with Crippen molar-refractivity contribution < 1.29 is 85.3 Å². The zero-order valence-electron chi connectivity index (χ0n) is 57.7. The molecule has 0 saturated heterocycles. The lowest BCUT2D eigenvalue weighted by atomic mass is 10.1. The summed E-state index contributed by atoms with van der Waals surface area (Å²) in [5.74, 6) is 11.0. The molecular formula is C76H102O18. The number of hydrogen-bond donors (Lipinski definition) is 0. The summed E-state index contributed by atoms with van der Waals surface area (Å²) in [6, 6.07) is 26.8. The summed E-state index contributed by atoms with van der Waals surface area (Å²) in [6.07, 6.45) is 26.2. The molecule has 94 heavy (non-hydrogen) atoms. The summed E-state index contributed by atoms with van der Waals surface area (Å²) < 4.78 is 105. The van der Waals surface area contributed by atoms with Crippen LogP contribution in [0.1, 0.15) is 138 Å². The normalized spacial score (nSPS) is 11.1. The first-order valence-electron chi connectivity index (χ1n) is 32.7. The van der Waals surface area contributed by atoms with Crippen LogP contribution in [0.3, 0.4) is 0 Å². The number of para-hydroxylation sites is 2. The van der Waals surface area contributed by atoms with Gasteiger partial charge in [-0.25, -0.2) is 0 Å². The number of rotatable bonds is 49. The Morgan fingerprint density at radius 2 is 0.330 bits per heavy atom. The van der Waals surface area contributed by atoms with Crippen LogP contribution < -0.4 is 85.3 Å². The Morgan fingerprint density at radius 1 is 0.191 bits per heavy atom. The van der Waals surface area contributed by atoms with Crippen molar-refractivity contribution in [3.63, 3.8) is 0 Å². The monoisotopic (exact) mass is 1300 g/mol. The van der Waals surface area contributed by atoms with Crippen LogP contribution in [-0.4, -0.2) is 125 Å². The SMILES string of the molecule is COc1cccc(OC)c1OCCCCCCCCOc1c(OC)cc(/C=C/c2cc(OC)c(OCCCCCCCCOc3c(OC)cc(/C=C/c4cc(OC)c(OCCCCCCCCOc5c(OC)cccc5OC)c(OC)c4)cc3OC)c(OC)c2)cc1OC. The van der Waals surface area contributed by atoms with Crippen LogP contribution >= 0.6 is 0 Å². The van der Waals surface area contributed by atoms with E-state index in [-0.39, 0.29) is 0 Å². The highest BCUT2D eigenvalue weighted by Crippen LogP contribution is 2.44. The van der Waals surface area contributed by atoms with Gasteiger partial charge in [0.05, 0.1) is 125 Å². The quantitative estimate of drug-likeness (QED) is 0.0261. The first kappa shape index (κ1) is 74.2. The maximum atomic E-state index is 6.29. The molecule has 0 saturated carbocycles. The van der Waals surface area contributed by atoms with E-state index in [0.717, 1.165) is 138 Å². The molecule has 0 aliphatic carbocycles. The van der Waals surface area contributed by atoms with Crippen LogP contribution in [0, 0.1) is 0 Å². The van der Waals surface area contributed by atoms with Crippen LogP contribution in [0.25, 0.3) is 24.3 Å². The van der Waals surface area contributed by atoms with Crippen molar-refractivity contribution in [1.29, 1.82) is 0 Å². The van der Waals surface area contributed by atoms with Gasteiger partial charge in [-0.2, -0.15) is 0 Å². The van der Waals surface area contributed by atoms with Crippen LogP contribution in [0.4, 0.5) is 0 Å². The highest BCUT2D eigenvalue weighted by atomic mass is 16.6. The van der Waals surface area contributed by atoms with E-state index in [4.69, 9.17) is 85.3 Å². The van der Waals surface area contributed by atoms with Gasteiger partial charge in [0.25, 0.3) is 0 Å². The molecule has 18 heteroatoms. The number of ether oxygens (including phenoxy) is 18. The highest BCUT2D eigenvalue weighted by Gasteiger charge is 2.20. The van der Waals surface area contributed by atoms with E-state index < -0.39 is 0 Å². The second kappa shape index (κ2) is 42.4. The van der Waals surface area contributed by atoms with Gasteiger partial charge >= 0.3 is 0 Å². The Hall–Kier alpha value is -8.80. The van der Waals surface area contributed by atoms with Gasteiger partial charge in [0.1, 0.15) is 0 Å². The van der Waals surface area contributed by atoms with Gasteiger partial charge in [-0.15, -0.1) is 0 Å². The van der Waals surface area contributed by atoms with Gasteiger partial charge in [-0.1, -0.05) is 113 Å². The minimum Gasteiger partial charge on any atom is -0.493 e. The summed E-state index contributed by atoms with van der Waals surface area (Å²) in [7, 11) is 19.6. The lowest BCUT2D eigenvalue weighted by molar-refractivity contribution is 0.262. The predicted molar refractivity (Wildman–Crippen MR) is 371 cm³/mol. The molecule has 6 aromatic rings. The third kappa shape index (κ3) is 23.0. The lowest BCUT2D eigenvalue weighted by Crippen LogP contribution is -2.03. The molecule has 0 unspecified atom stereocenters. The zero-order chi connectivity index (χ0) is 67.1. The number of unbranched alkanes of at least 4 members (excludes halogenated alkanes) is 15. The minimum absolute atomic E-state index is 0.525. The van der Waals surface area contributed by atoms with Gasteiger partial charge < -0.3 is 85.3 Å². The van der Waals surface area contributed by atoms with E-state index in [1.54, 1.807) is 85.3 Å². The summed E-state index contributed by atoms with van der Waals surface area (Å²) in [4.78, 5) is 0. The maximum Gasteiger partial charge on any atom is 0.203 e. The first-order valence-corrected chi connectivity index (χ1v) is 32.7. The summed E-state index contributed by atoms with van der Waals surface area (Å²) in [5.41, 5.74) is 3.50. The molecule has 0 radical (unpaired) electrons. The molecule has 6 rings (SSSR count). The van der Waals surface area contributed by atoms with Crippen LogP contribution in [0.15, 0.2) is 84.9 Å². The van der Waals surface area contributed by atoms with Gasteiger partial charge in [-0.05, 0) is 134 Å². The Balaban J connectivity index is 0.871. The fraction of sp³-hybridized carbons (Fsp3) is 0.474. The summed E-state index contributed by atoms with van der Waals surface area (Å²) in [6.45, 7) is 3.34. The van der Waals surface area contributed by atoms with Crippen molar-refractivity contribution >= 4 is 24.3 Å². The van der Waals surface area contributed by atoms with Gasteiger partial charge in [0.15, 0.2) is 69.0 Å². The smallest absolute Gasteiger partial charge is 0.203 e. The predicted octanol–water partition coefficient (Wildman–Crippen LogP) is 17.5. The van der Waals surface area contributed by atoms with Gasteiger partial charge in [0, 0.05) is 0 Å². The van der Waals surface area contributed by atoms with Crippen molar-refractivity contribution in [1.82, 2.24) is 0 Å². The fourth-order valence-corrected chi connectivity index (χ4v) is 10.6. The molecule has 0 aliphatic heterocycles. The summed E-state index contributed by atoms with van der Waals surface area (Å²) >= 11 is 0. The molecular weight excluding hydrogens is 1200 g/mol. The molecule has 0 amide bonds. The second-order valence-corrected chi connectivity index (χ2v) is 22.1. The van der Waals surface area contributed by atoms with Gasteiger partial charge in [-0.3, -0.25) is 0 Å². The second-order valence-electron chi connectivity index (χ2n) is 22.1. The van der Waals surface area contributed by atoms with E-state index in [1.165, 1.54) is 0 Å². The molecule has 0 aromatic heterocycles. The van der Waals surface area contributed by atoms with E-state index in [0.29, 0.717) is 143 Å². The third-order valence-corrected chi connectivity index (χ3v) is 15.7. The molecule has 0 heterocycles. The molecule has 0 bridgehead atoms. The van der Waals surface area contributed by atoms with E-state index in [1.807, 2.05) is 109 Å². The molecule has 0 N–H and O–H groups in total. The van der Waals surface area contributed by atoms with E-state index in [9.17, 15) is 0 Å². The molecule has 6 aromatic carbocycles. The third-order valence-electron chi connectivity index (χ3n) is 15.7. The minimum atomic E-state index is 0.525. The Morgan fingerprint density at radius 3 is 0.479 bits per heavy atom. The van der Waals surface area contributed by atoms with E-state index in [2.05, 4.69) is 0 Å². The molecule has 0 aliphatic rings. The highest BCUT2D eigenvalue weighted by molar-refractivity contribution is 5.76. The lowest BCUT2D eigenvalue weighted by Gasteiger charge is -2.16. The maximum absolute atomic E-state index is 6.29. The first-order chi connectivity index (χ1) is 46.1. The van der Waals surface area contributed by atoms with Gasteiger partial charge in [0.2, 0.25) is 34.5 Å². The Labute approximate surface area is 558 Å². The number of methoxy groups -OCH3 is 12. The summed E-state index contributed by atoms with van der Waals surface area (Å²) in [5, 5.41) is 0. The standard InChI is InChI=1S/C76H102O18/c1-77-59-33-31-34-60(78-2)71(59)89-41-25-19-13-15-21-27-43-91-73-63(81-5)47-55(48-64(73)82-6)37-39-57-51-67(85-9)75(68(52-57)86-10)93-45-29-23-17-18-24-30-46-94-76-69(87-11)53-58(54-70(76)88-12)40-38-56-49-65(83-7)74(66(50-56)84-8)92-44-28-22-16-14-20-26-42-90-72-61(79-3)35-32-36-62(72)80-4/h31-40,47-54H,13-30,41-46H2,1-12H3/b39-37+,40-38+. The zero-order valence-corrected chi connectivity index (χ0v) is 57.7. The number of hydrogen-bond acceptors (Lipinski definition) is 18. The van der Waals surface area contributed by atoms with Crippen LogP contribution in [0.2, 0.25) is 0 Å². The molecule has 0 fully saturated rings. The van der Waals surface area contributed by atoms with E-state index >= 15 is 0 Å². The molecule has 0 atom stereocenters. The average molecular weight is 1300 g/mol. The van der Waals surface area contributed by atoms with Crippen molar-refractivity contribution in [3.8, 4) is 103 Å². The molecule has 18 nitrogen and oxygen atoms in total. The fourth-order valence-electron chi connectivity index (χ4n) is 10.6. The molecule has 0 spiro atoms. The van der Waals surface area contributed by atoms with Crippen molar-refractivity contribution in [2.75, 3.05) is 125 Å². The topological polar surface area (TPSA) is 166 Å². The van der Waals surface area contributed by atoms with Crippen molar-refractivity contribution in [3.05, 3.63) is 107 Å². The van der Waals surface area contributed by atoms with Crippen molar-refractivity contribution in [2.24, 2.45) is 0 Å². The van der Waals surface area contributed by atoms with Crippen LogP contribution in [-0.2, 0) is 0 Å². The largest absolute Gasteiger partial charge is 0.493 e. The Kier molecular flexibility index (Phi) is 33.5. The van der Waals surface area contributed by atoms with Crippen molar-refractivity contribution in [2.45, 2.75) is 116 Å².